The van der Waals surface area contributed by atoms with Gasteiger partial charge in [0, 0.05) is 6.54 Å². The zero-order valence-corrected chi connectivity index (χ0v) is 15.0. The molecule has 2 heteroatoms. The molecule has 0 bridgehead atoms. The van der Waals surface area contributed by atoms with E-state index in [1.165, 1.54) is 57.8 Å². The number of rotatable bonds is 11. The van der Waals surface area contributed by atoms with Crippen LogP contribution >= 0.6 is 0 Å². The average molecular weight is 298 g/mol. The van der Waals surface area contributed by atoms with Gasteiger partial charge in [0.25, 0.3) is 0 Å². The van der Waals surface area contributed by atoms with Crippen LogP contribution in [0.4, 0.5) is 0 Å². The standard InChI is InChI=1S/C19H39NO/c1-5-8-9-18(7-3)15-21-19(16-20-14-6-2)12-10-17(4)11-13-19/h17-18,20H,5-16H2,1-4H3. The van der Waals surface area contributed by atoms with E-state index in [4.69, 9.17) is 4.74 Å². The van der Waals surface area contributed by atoms with Crippen LogP contribution in [0.3, 0.4) is 0 Å². The maximum Gasteiger partial charge on any atom is 0.0806 e. The summed E-state index contributed by atoms with van der Waals surface area (Å²) in [6.07, 6.45) is 11.6. The summed E-state index contributed by atoms with van der Waals surface area (Å²) in [5, 5.41) is 3.62. The Morgan fingerprint density at radius 1 is 1.14 bits per heavy atom. The van der Waals surface area contributed by atoms with Gasteiger partial charge in [0.1, 0.15) is 0 Å². The lowest BCUT2D eigenvalue weighted by Crippen LogP contribution is -2.46. The largest absolute Gasteiger partial charge is 0.373 e. The third-order valence-electron chi connectivity index (χ3n) is 5.23. The minimum atomic E-state index is 0.126. The van der Waals surface area contributed by atoms with Gasteiger partial charge in [-0.05, 0) is 56.9 Å². The quantitative estimate of drug-likeness (QED) is 0.531. The van der Waals surface area contributed by atoms with Gasteiger partial charge in [0.15, 0.2) is 0 Å². The normalized spacial score (nSPS) is 27.7. The van der Waals surface area contributed by atoms with Crippen LogP contribution < -0.4 is 5.32 Å². The van der Waals surface area contributed by atoms with Crippen molar-refractivity contribution in [2.45, 2.75) is 91.1 Å². The highest BCUT2D eigenvalue weighted by Gasteiger charge is 2.35. The van der Waals surface area contributed by atoms with E-state index in [0.29, 0.717) is 0 Å². The second-order valence-electron chi connectivity index (χ2n) is 7.27. The second-order valence-corrected chi connectivity index (χ2v) is 7.27. The summed E-state index contributed by atoms with van der Waals surface area (Å²) in [5.41, 5.74) is 0.126. The highest BCUT2D eigenvalue weighted by atomic mass is 16.5. The molecular formula is C19H39NO. The topological polar surface area (TPSA) is 21.3 Å². The van der Waals surface area contributed by atoms with E-state index in [2.05, 4.69) is 33.0 Å². The molecule has 21 heavy (non-hydrogen) atoms. The predicted octanol–water partition coefficient (Wildman–Crippen LogP) is 5.17. The Hall–Kier alpha value is -0.0800. The summed E-state index contributed by atoms with van der Waals surface area (Å²) in [5.74, 6) is 1.64. The van der Waals surface area contributed by atoms with E-state index < -0.39 is 0 Å². The van der Waals surface area contributed by atoms with Crippen LogP contribution in [-0.2, 0) is 4.74 Å². The lowest BCUT2D eigenvalue weighted by Gasteiger charge is -2.40. The fourth-order valence-electron chi connectivity index (χ4n) is 3.35. The van der Waals surface area contributed by atoms with Crippen molar-refractivity contribution in [3.05, 3.63) is 0 Å². The van der Waals surface area contributed by atoms with E-state index in [1.54, 1.807) is 0 Å². The molecule has 126 valence electrons. The first-order valence-corrected chi connectivity index (χ1v) is 9.50. The molecule has 1 fully saturated rings. The van der Waals surface area contributed by atoms with Crippen LogP contribution in [0, 0.1) is 11.8 Å². The van der Waals surface area contributed by atoms with E-state index in [1.807, 2.05) is 0 Å². The Kier molecular flexibility index (Phi) is 9.59. The Labute approximate surface area is 133 Å². The van der Waals surface area contributed by atoms with Gasteiger partial charge in [0.05, 0.1) is 12.2 Å². The van der Waals surface area contributed by atoms with Crippen molar-refractivity contribution in [3.8, 4) is 0 Å². The molecule has 1 aliphatic rings. The lowest BCUT2D eigenvalue weighted by molar-refractivity contribution is -0.0888. The van der Waals surface area contributed by atoms with Crippen LogP contribution in [0.5, 0.6) is 0 Å². The van der Waals surface area contributed by atoms with E-state index in [9.17, 15) is 0 Å². The van der Waals surface area contributed by atoms with E-state index in [-0.39, 0.29) is 5.60 Å². The first-order valence-electron chi connectivity index (χ1n) is 9.50. The van der Waals surface area contributed by atoms with Gasteiger partial charge >= 0.3 is 0 Å². The van der Waals surface area contributed by atoms with Gasteiger partial charge in [-0.25, -0.2) is 0 Å². The average Bonchev–Trinajstić information content (AvgIpc) is 2.51. The molecule has 1 atom stereocenters. The molecule has 1 aliphatic carbocycles. The SMILES string of the molecule is CCCCC(CC)COC1(CNCCC)CCC(C)CC1. The maximum absolute atomic E-state index is 6.55. The number of unbranched alkanes of at least 4 members (excludes halogenated alkanes) is 1. The zero-order valence-electron chi connectivity index (χ0n) is 15.0. The van der Waals surface area contributed by atoms with Gasteiger partial charge < -0.3 is 10.1 Å². The summed E-state index contributed by atoms with van der Waals surface area (Å²) in [6, 6.07) is 0. The summed E-state index contributed by atoms with van der Waals surface area (Å²) >= 11 is 0. The molecule has 0 radical (unpaired) electrons. The minimum Gasteiger partial charge on any atom is -0.373 e. The summed E-state index contributed by atoms with van der Waals surface area (Å²) in [6.45, 7) is 12.4. The monoisotopic (exact) mass is 297 g/mol. The van der Waals surface area contributed by atoms with Crippen molar-refractivity contribution in [1.29, 1.82) is 0 Å². The minimum absolute atomic E-state index is 0.126. The van der Waals surface area contributed by atoms with E-state index >= 15 is 0 Å². The van der Waals surface area contributed by atoms with Crippen LogP contribution in [0.25, 0.3) is 0 Å². The second kappa shape index (κ2) is 10.6. The molecule has 0 amide bonds. The van der Waals surface area contributed by atoms with Crippen molar-refractivity contribution >= 4 is 0 Å². The third kappa shape index (κ3) is 7.15. The smallest absolute Gasteiger partial charge is 0.0806 e. The molecule has 1 unspecified atom stereocenters. The number of hydrogen-bond donors (Lipinski definition) is 1. The van der Waals surface area contributed by atoms with Gasteiger partial charge in [-0.15, -0.1) is 0 Å². The van der Waals surface area contributed by atoms with E-state index in [0.717, 1.165) is 31.5 Å². The number of ether oxygens (including phenoxy) is 1. The van der Waals surface area contributed by atoms with Crippen LogP contribution in [0.2, 0.25) is 0 Å². The lowest BCUT2D eigenvalue weighted by atomic mass is 9.79. The fraction of sp³-hybridized carbons (Fsp3) is 1.00. The number of hydrogen-bond acceptors (Lipinski definition) is 2. The number of nitrogens with one attached hydrogen (secondary N) is 1. The molecule has 1 saturated carbocycles. The Morgan fingerprint density at radius 2 is 1.86 bits per heavy atom. The predicted molar refractivity (Wildman–Crippen MR) is 92.8 cm³/mol. The summed E-state index contributed by atoms with van der Waals surface area (Å²) in [4.78, 5) is 0. The molecule has 0 aromatic carbocycles. The van der Waals surface area contributed by atoms with Gasteiger partial charge in [0.2, 0.25) is 0 Å². The molecular weight excluding hydrogens is 258 g/mol. The molecule has 0 heterocycles. The van der Waals surface area contributed by atoms with Crippen molar-refractivity contribution < 1.29 is 4.74 Å². The van der Waals surface area contributed by atoms with Crippen molar-refractivity contribution in [2.24, 2.45) is 11.8 Å². The van der Waals surface area contributed by atoms with Crippen molar-refractivity contribution in [3.63, 3.8) is 0 Å². The maximum atomic E-state index is 6.55. The highest BCUT2D eigenvalue weighted by molar-refractivity contribution is 4.88. The molecule has 2 nitrogen and oxygen atoms in total. The van der Waals surface area contributed by atoms with Gasteiger partial charge in [-0.2, -0.15) is 0 Å². The molecule has 1 N–H and O–H groups in total. The van der Waals surface area contributed by atoms with Gasteiger partial charge in [-0.3, -0.25) is 0 Å². The first kappa shape index (κ1) is 19.0. The summed E-state index contributed by atoms with van der Waals surface area (Å²) in [7, 11) is 0. The van der Waals surface area contributed by atoms with Gasteiger partial charge in [-0.1, -0.05) is 47.0 Å². The molecule has 0 spiro atoms. The molecule has 0 saturated heterocycles. The molecule has 0 aromatic heterocycles. The van der Waals surface area contributed by atoms with Crippen molar-refractivity contribution in [2.75, 3.05) is 19.7 Å². The fourth-order valence-corrected chi connectivity index (χ4v) is 3.35. The third-order valence-corrected chi connectivity index (χ3v) is 5.23. The molecule has 0 aliphatic heterocycles. The molecule has 0 aromatic rings. The van der Waals surface area contributed by atoms with Crippen molar-refractivity contribution in [1.82, 2.24) is 5.32 Å². The van der Waals surface area contributed by atoms with Crippen LogP contribution in [0.1, 0.15) is 85.5 Å². The van der Waals surface area contributed by atoms with Crippen LogP contribution in [-0.4, -0.2) is 25.3 Å². The Balaban J connectivity index is 2.47. The van der Waals surface area contributed by atoms with Crippen LogP contribution in [0.15, 0.2) is 0 Å². The molecule has 1 rings (SSSR count). The summed E-state index contributed by atoms with van der Waals surface area (Å²) < 4.78 is 6.55. The highest BCUT2D eigenvalue weighted by Crippen LogP contribution is 2.35. The first-order chi connectivity index (χ1) is 10.2. The Bertz CT molecular complexity index is 246. The Morgan fingerprint density at radius 3 is 2.43 bits per heavy atom. The zero-order chi connectivity index (χ0) is 15.6.